The molecule has 3 rings (SSSR count). The SMILES string of the molecule is CC[C@H]1OC(n2cc(C)c(N=C3CCCN3C)nc2=O)C[C@@H]1CP(Cl)OCCC#N. The Morgan fingerprint density at radius 3 is 3.00 bits per heavy atom. The summed E-state index contributed by atoms with van der Waals surface area (Å²) in [6.45, 7) is 5.31. The van der Waals surface area contributed by atoms with Gasteiger partial charge in [0.25, 0.3) is 0 Å². The van der Waals surface area contributed by atoms with Gasteiger partial charge in [-0.25, -0.2) is 9.79 Å². The molecule has 0 amide bonds. The second-order valence-electron chi connectivity index (χ2n) is 7.77. The number of nitrogens with zero attached hydrogens (tertiary/aromatic N) is 5. The minimum absolute atomic E-state index is 0.0116. The fraction of sp³-hybridized carbons (Fsp3) is 0.700. The van der Waals surface area contributed by atoms with Gasteiger partial charge in [-0.05, 0) is 32.1 Å². The smallest absolute Gasteiger partial charge is 0.351 e. The molecule has 3 heterocycles. The van der Waals surface area contributed by atoms with Gasteiger partial charge >= 0.3 is 5.69 Å². The Kier molecular flexibility index (Phi) is 8.24. The number of amidine groups is 1. The van der Waals surface area contributed by atoms with Crippen molar-refractivity contribution in [1.82, 2.24) is 14.5 Å². The molecule has 0 N–H and O–H groups in total. The number of rotatable bonds is 8. The normalized spacial score (nSPS) is 26.3. The maximum atomic E-state index is 12.7. The van der Waals surface area contributed by atoms with E-state index >= 15 is 0 Å². The lowest BCUT2D eigenvalue weighted by atomic mass is 10.0. The second-order valence-corrected chi connectivity index (χ2v) is 10.2. The number of nitriles is 1. The number of halogens is 1. The Morgan fingerprint density at radius 1 is 1.53 bits per heavy atom. The van der Waals surface area contributed by atoms with E-state index in [1.165, 1.54) is 0 Å². The molecule has 8 nitrogen and oxygen atoms in total. The van der Waals surface area contributed by atoms with Crippen LogP contribution in [-0.2, 0) is 9.26 Å². The van der Waals surface area contributed by atoms with Gasteiger partial charge in [-0.2, -0.15) is 10.2 Å². The van der Waals surface area contributed by atoms with Crippen LogP contribution in [0.1, 0.15) is 50.8 Å². The van der Waals surface area contributed by atoms with Crippen molar-refractivity contribution in [2.45, 2.75) is 58.3 Å². The van der Waals surface area contributed by atoms with Crippen LogP contribution in [0.5, 0.6) is 0 Å². The van der Waals surface area contributed by atoms with E-state index in [0.29, 0.717) is 31.4 Å². The van der Waals surface area contributed by atoms with Gasteiger partial charge in [-0.3, -0.25) is 4.57 Å². The van der Waals surface area contributed by atoms with Gasteiger partial charge in [-0.1, -0.05) is 18.2 Å². The van der Waals surface area contributed by atoms with Crippen LogP contribution in [0.4, 0.5) is 5.82 Å². The van der Waals surface area contributed by atoms with Crippen LogP contribution in [0.3, 0.4) is 0 Å². The highest BCUT2D eigenvalue weighted by Gasteiger charge is 2.37. The third-order valence-corrected chi connectivity index (χ3v) is 7.50. The zero-order chi connectivity index (χ0) is 21.7. The van der Waals surface area contributed by atoms with Gasteiger partial charge in [0.1, 0.15) is 19.6 Å². The van der Waals surface area contributed by atoms with Gasteiger partial charge in [0, 0.05) is 37.9 Å². The van der Waals surface area contributed by atoms with E-state index in [4.69, 9.17) is 25.8 Å². The number of aromatic nitrogens is 2. The predicted molar refractivity (Wildman–Crippen MR) is 118 cm³/mol. The Balaban J connectivity index is 1.72. The molecule has 2 fully saturated rings. The average Bonchev–Trinajstić information content (AvgIpc) is 3.30. The maximum Gasteiger partial charge on any atom is 0.351 e. The fourth-order valence-electron chi connectivity index (χ4n) is 3.94. The summed E-state index contributed by atoms with van der Waals surface area (Å²) in [5.41, 5.74) is 0.501. The standard InChI is InChI=1S/C20H29ClN5O3P/c1-4-16-15(13-30(21)28-10-6-8-22)11-18(29-16)26-12-14(2)19(24-20(26)27)23-17-7-5-9-25(17)3/h12,15-16,18H,4-7,9-11,13H2,1-3H3/t15-,16-,18?,30?/m1/s1. The van der Waals surface area contributed by atoms with Crippen LogP contribution in [0.25, 0.3) is 0 Å². The zero-order valence-electron chi connectivity index (χ0n) is 17.8. The largest absolute Gasteiger partial charge is 0.363 e. The quantitative estimate of drug-likeness (QED) is 0.434. The molecule has 0 aliphatic carbocycles. The number of aliphatic imine (C=N–C) groups is 1. The minimum atomic E-state index is -1.14. The van der Waals surface area contributed by atoms with Gasteiger partial charge in [0.2, 0.25) is 0 Å². The van der Waals surface area contributed by atoms with E-state index in [1.54, 1.807) is 10.8 Å². The first-order valence-corrected chi connectivity index (χ1v) is 12.7. The third kappa shape index (κ3) is 5.59. The molecule has 4 atom stereocenters. The number of hydrogen-bond donors (Lipinski definition) is 0. The van der Waals surface area contributed by atoms with Crippen molar-refractivity contribution in [2.75, 3.05) is 26.4 Å². The molecule has 10 heteroatoms. The highest BCUT2D eigenvalue weighted by atomic mass is 35.7. The van der Waals surface area contributed by atoms with E-state index in [0.717, 1.165) is 37.2 Å². The van der Waals surface area contributed by atoms with E-state index in [2.05, 4.69) is 27.9 Å². The fourth-order valence-corrected chi connectivity index (χ4v) is 5.83. The van der Waals surface area contributed by atoms with Crippen molar-refractivity contribution < 1.29 is 9.26 Å². The summed E-state index contributed by atoms with van der Waals surface area (Å²) in [6, 6.07) is 2.05. The van der Waals surface area contributed by atoms with Gasteiger partial charge in [0.05, 0.1) is 25.2 Å². The predicted octanol–water partition coefficient (Wildman–Crippen LogP) is 4.10. The molecule has 2 aliphatic heterocycles. The van der Waals surface area contributed by atoms with Crippen LogP contribution < -0.4 is 5.69 Å². The number of aryl methyl sites for hydroxylation is 1. The molecule has 2 aliphatic rings. The summed E-state index contributed by atoms with van der Waals surface area (Å²) < 4.78 is 13.3. The molecule has 0 aromatic carbocycles. The minimum Gasteiger partial charge on any atom is -0.363 e. The van der Waals surface area contributed by atoms with E-state index < -0.39 is 7.50 Å². The lowest BCUT2D eigenvalue weighted by Gasteiger charge is -2.18. The van der Waals surface area contributed by atoms with Gasteiger partial charge < -0.3 is 14.2 Å². The zero-order valence-corrected chi connectivity index (χ0v) is 19.4. The molecular formula is C20H29ClN5O3P. The monoisotopic (exact) mass is 453 g/mol. The lowest BCUT2D eigenvalue weighted by Crippen LogP contribution is -2.27. The molecule has 1 aromatic rings. The first kappa shape index (κ1) is 23.1. The molecule has 0 radical (unpaired) electrons. The summed E-state index contributed by atoms with van der Waals surface area (Å²) in [4.78, 5) is 23.7. The molecule has 0 saturated carbocycles. The molecule has 2 saturated heterocycles. The topological polar surface area (TPSA) is 92.7 Å². The number of hydrogen-bond acceptors (Lipinski definition) is 6. The Bertz CT molecular complexity index is 871. The molecule has 164 valence electrons. The summed E-state index contributed by atoms with van der Waals surface area (Å²) >= 11 is 6.36. The molecular weight excluding hydrogens is 425 g/mol. The third-order valence-electron chi connectivity index (χ3n) is 5.58. The van der Waals surface area contributed by atoms with Crippen molar-refractivity contribution in [3.8, 4) is 6.07 Å². The van der Waals surface area contributed by atoms with Crippen LogP contribution in [0.15, 0.2) is 16.0 Å². The van der Waals surface area contributed by atoms with E-state index in [1.807, 2.05) is 14.0 Å². The van der Waals surface area contributed by atoms with Gasteiger partial charge in [0.15, 0.2) is 5.82 Å². The summed E-state index contributed by atoms with van der Waals surface area (Å²) in [7, 11) is 0.870. The van der Waals surface area contributed by atoms with Crippen molar-refractivity contribution >= 4 is 30.4 Å². The summed E-state index contributed by atoms with van der Waals surface area (Å²) in [5.74, 6) is 1.65. The Hall–Kier alpha value is -1.52. The average molecular weight is 454 g/mol. The van der Waals surface area contributed by atoms with E-state index in [-0.39, 0.29) is 23.9 Å². The lowest BCUT2D eigenvalue weighted by molar-refractivity contribution is -0.00742. The first-order chi connectivity index (χ1) is 14.4. The molecule has 2 unspecified atom stereocenters. The summed E-state index contributed by atoms with van der Waals surface area (Å²) in [6.07, 6.45) is 5.95. The van der Waals surface area contributed by atoms with Crippen molar-refractivity contribution in [3.05, 3.63) is 22.2 Å². The molecule has 0 bridgehead atoms. The Morgan fingerprint density at radius 2 is 2.33 bits per heavy atom. The van der Waals surface area contributed by atoms with Crippen LogP contribution in [0, 0.1) is 24.2 Å². The number of likely N-dealkylation sites (tertiary alicyclic amines) is 1. The molecule has 0 spiro atoms. The van der Waals surface area contributed by atoms with Crippen LogP contribution in [0.2, 0.25) is 0 Å². The molecule has 30 heavy (non-hydrogen) atoms. The van der Waals surface area contributed by atoms with E-state index in [9.17, 15) is 4.79 Å². The second kappa shape index (κ2) is 10.7. The Labute approximate surface area is 183 Å². The number of ether oxygens (including phenoxy) is 1. The van der Waals surface area contributed by atoms with Crippen molar-refractivity contribution in [2.24, 2.45) is 10.9 Å². The van der Waals surface area contributed by atoms with Crippen LogP contribution >= 0.6 is 18.7 Å². The van der Waals surface area contributed by atoms with Crippen molar-refractivity contribution in [3.63, 3.8) is 0 Å². The highest BCUT2D eigenvalue weighted by molar-refractivity contribution is 7.80. The van der Waals surface area contributed by atoms with Gasteiger partial charge in [-0.15, -0.1) is 0 Å². The van der Waals surface area contributed by atoms with Crippen LogP contribution in [-0.4, -0.2) is 52.8 Å². The summed E-state index contributed by atoms with van der Waals surface area (Å²) in [5, 5.41) is 8.63. The molecule has 1 aromatic heterocycles. The highest BCUT2D eigenvalue weighted by Crippen LogP contribution is 2.49. The van der Waals surface area contributed by atoms with Crippen molar-refractivity contribution in [1.29, 1.82) is 5.26 Å². The first-order valence-electron chi connectivity index (χ1n) is 10.4. The maximum absolute atomic E-state index is 12.7.